The first-order chi connectivity index (χ1) is 15.9. The van der Waals surface area contributed by atoms with E-state index >= 15 is 0 Å². The lowest BCUT2D eigenvalue weighted by atomic mass is 10.1. The van der Waals surface area contributed by atoms with E-state index in [-0.39, 0.29) is 23.8 Å². The van der Waals surface area contributed by atoms with Crippen LogP contribution in [0.4, 0.5) is 10.1 Å². The summed E-state index contributed by atoms with van der Waals surface area (Å²) in [6, 6.07) is 20.4. The molecular weight excluding hydrogens is 419 g/mol. The number of amides is 1. The van der Waals surface area contributed by atoms with Crippen molar-refractivity contribution in [3.8, 4) is 11.3 Å². The molecule has 0 bridgehead atoms. The zero-order valence-corrected chi connectivity index (χ0v) is 18.2. The lowest BCUT2D eigenvalue weighted by Crippen LogP contribution is -2.21. The lowest BCUT2D eigenvalue weighted by Gasteiger charge is -2.12. The Balaban J connectivity index is 1.64. The maximum atomic E-state index is 13.4. The number of carbonyl (C=O) groups is 1. The van der Waals surface area contributed by atoms with Crippen molar-refractivity contribution in [2.24, 2.45) is 0 Å². The minimum Gasteiger partial charge on any atom is -0.324 e. The third-order valence-electron chi connectivity index (χ3n) is 5.74. The number of anilines is 1. The summed E-state index contributed by atoms with van der Waals surface area (Å²) in [5.41, 5.74) is 4.86. The Morgan fingerprint density at radius 2 is 1.61 bits per heavy atom. The largest absolute Gasteiger partial charge is 0.324 e. The summed E-state index contributed by atoms with van der Waals surface area (Å²) in [6.07, 6.45) is 0. The molecule has 0 fully saturated rings. The van der Waals surface area contributed by atoms with Crippen LogP contribution in [0.15, 0.2) is 77.6 Å². The summed E-state index contributed by atoms with van der Waals surface area (Å²) in [5, 5.41) is 3.00. The summed E-state index contributed by atoms with van der Waals surface area (Å²) in [7, 11) is 0. The molecule has 0 atom stereocenters. The van der Waals surface area contributed by atoms with E-state index in [2.05, 4.69) is 5.32 Å². The molecule has 1 amide bonds. The number of imidazole rings is 1. The third-order valence-corrected chi connectivity index (χ3v) is 5.74. The highest BCUT2D eigenvalue weighted by atomic mass is 19.1. The van der Waals surface area contributed by atoms with Gasteiger partial charge in [-0.05, 0) is 61.4 Å². The van der Waals surface area contributed by atoms with Gasteiger partial charge in [-0.3, -0.25) is 9.59 Å². The number of para-hydroxylation sites is 3. The molecule has 3 aromatic carbocycles. The Labute approximate surface area is 188 Å². The van der Waals surface area contributed by atoms with E-state index in [4.69, 9.17) is 4.98 Å². The quantitative estimate of drug-likeness (QED) is 0.440. The Kier molecular flexibility index (Phi) is 5.01. The standard InChI is InChI=1S/C26H21FN4O2/c1-16-6-5-7-17(2)25(16)29-23(32)15-30-21-8-3-4-9-22(21)31-24(33)14-20(28-26(30)31)18-10-12-19(27)13-11-18/h3-14H,15H2,1-2H3,(H,29,32). The van der Waals surface area contributed by atoms with Gasteiger partial charge in [-0.1, -0.05) is 30.3 Å². The van der Waals surface area contributed by atoms with E-state index in [0.29, 0.717) is 22.6 Å². The fourth-order valence-electron chi connectivity index (χ4n) is 4.13. The Morgan fingerprint density at radius 1 is 0.939 bits per heavy atom. The van der Waals surface area contributed by atoms with E-state index in [9.17, 15) is 14.0 Å². The van der Waals surface area contributed by atoms with Crippen molar-refractivity contribution in [2.75, 3.05) is 5.32 Å². The second-order valence-electron chi connectivity index (χ2n) is 8.01. The Morgan fingerprint density at radius 3 is 2.30 bits per heavy atom. The van der Waals surface area contributed by atoms with E-state index in [1.807, 2.05) is 56.3 Å². The predicted octanol–water partition coefficient (Wildman–Crippen LogP) is 4.71. The second-order valence-corrected chi connectivity index (χ2v) is 8.01. The van der Waals surface area contributed by atoms with Crippen LogP contribution in [0.5, 0.6) is 0 Å². The SMILES string of the molecule is Cc1cccc(C)c1NC(=O)Cn1c2ccccc2n2c(=O)cc(-c3ccc(F)cc3)nc12. The van der Waals surface area contributed by atoms with E-state index in [1.54, 1.807) is 16.7 Å². The summed E-state index contributed by atoms with van der Waals surface area (Å²) in [5.74, 6) is -0.245. The third kappa shape index (κ3) is 3.67. The number of hydrogen-bond donors (Lipinski definition) is 1. The number of aromatic nitrogens is 3. The van der Waals surface area contributed by atoms with Crippen LogP contribution in [-0.2, 0) is 11.3 Å². The first-order valence-electron chi connectivity index (χ1n) is 10.6. The van der Waals surface area contributed by atoms with Crippen molar-refractivity contribution < 1.29 is 9.18 Å². The number of hydrogen-bond acceptors (Lipinski definition) is 3. The first kappa shape index (κ1) is 20.6. The molecule has 0 radical (unpaired) electrons. The average Bonchev–Trinajstić information content (AvgIpc) is 3.11. The number of aryl methyl sites for hydroxylation is 2. The van der Waals surface area contributed by atoms with Gasteiger partial charge in [0.2, 0.25) is 11.7 Å². The highest BCUT2D eigenvalue weighted by Gasteiger charge is 2.18. The summed E-state index contributed by atoms with van der Waals surface area (Å²) in [4.78, 5) is 30.8. The van der Waals surface area contributed by atoms with E-state index in [1.165, 1.54) is 22.6 Å². The van der Waals surface area contributed by atoms with Crippen LogP contribution < -0.4 is 10.9 Å². The minimum absolute atomic E-state index is 0.0237. The van der Waals surface area contributed by atoms with Gasteiger partial charge in [0.25, 0.3) is 5.56 Å². The molecule has 33 heavy (non-hydrogen) atoms. The number of rotatable bonds is 4. The highest BCUT2D eigenvalue weighted by molar-refractivity contribution is 5.94. The van der Waals surface area contributed by atoms with Crippen molar-refractivity contribution in [1.82, 2.24) is 14.0 Å². The van der Waals surface area contributed by atoms with Gasteiger partial charge in [-0.25, -0.2) is 13.8 Å². The van der Waals surface area contributed by atoms with Gasteiger partial charge in [-0.2, -0.15) is 0 Å². The molecule has 0 spiro atoms. The number of benzene rings is 3. The minimum atomic E-state index is -0.367. The maximum absolute atomic E-state index is 13.4. The molecule has 164 valence electrons. The topological polar surface area (TPSA) is 68.4 Å². The second kappa shape index (κ2) is 8.02. The van der Waals surface area contributed by atoms with E-state index in [0.717, 1.165) is 22.3 Å². The molecule has 1 N–H and O–H groups in total. The molecule has 5 rings (SSSR count). The molecule has 2 aromatic heterocycles. The van der Waals surface area contributed by atoms with Crippen LogP contribution >= 0.6 is 0 Å². The number of nitrogens with one attached hydrogen (secondary N) is 1. The summed E-state index contributed by atoms with van der Waals surface area (Å²) in [6.45, 7) is 3.86. The van der Waals surface area contributed by atoms with Gasteiger partial charge in [0.15, 0.2) is 0 Å². The normalized spacial score (nSPS) is 11.2. The average molecular weight is 440 g/mol. The van der Waals surface area contributed by atoms with Gasteiger partial charge in [0.05, 0.1) is 16.7 Å². The fourth-order valence-corrected chi connectivity index (χ4v) is 4.13. The predicted molar refractivity (Wildman–Crippen MR) is 127 cm³/mol. The van der Waals surface area contributed by atoms with Gasteiger partial charge in [0, 0.05) is 17.3 Å². The van der Waals surface area contributed by atoms with Crippen LogP contribution in [0.3, 0.4) is 0 Å². The highest BCUT2D eigenvalue weighted by Crippen LogP contribution is 2.23. The Hall–Kier alpha value is -4.26. The number of fused-ring (bicyclic) bond motifs is 3. The Bertz CT molecular complexity index is 1560. The summed E-state index contributed by atoms with van der Waals surface area (Å²) >= 11 is 0. The molecule has 6 nitrogen and oxygen atoms in total. The van der Waals surface area contributed by atoms with Crippen LogP contribution in [0, 0.1) is 19.7 Å². The van der Waals surface area contributed by atoms with Crippen molar-refractivity contribution in [3.63, 3.8) is 0 Å². The number of nitrogens with zero attached hydrogens (tertiary/aromatic N) is 3. The zero-order chi connectivity index (χ0) is 23.1. The molecule has 0 saturated heterocycles. The molecule has 0 aliphatic carbocycles. The van der Waals surface area contributed by atoms with Crippen LogP contribution in [-0.4, -0.2) is 19.9 Å². The van der Waals surface area contributed by atoms with Crippen LogP contribution in [0.1, 0.15) is 11.1 Å². The van der Waals surface area contributed by atoms with Gasteiger partial charge in [0.1, 0.15) is 12.4 Å². The molecule has 0 saturated carbocycles. The zero-order valence-electron chi connectivity index (χ0n) is 18.2. The van der Waals surface area contributed by atoms with Crippen molar-refractivity contribution in [3.05, 3.63) is 100 Å². The molecule has 0 aliphatic heterocycles. The molecular formula is C26H21FN4O2. The number of carbonyl (C=O) groups excluding carboxylic acids is 1. The first-order valence-corrected chi connectivity index (χ1v) is 10.6. The van der Waals surface area contributed by atoms with Crippen molar-refractivity contribution >= 4 is 28.4 Å². The molecule has 5 aromatic rings. The number of halogens is 1. The fraction of sp³-hybridized carbons (Fsp3) is 0.115. The van der Waals surface area contributed by atoms with Crippen molar-refractivity contribution in [1.29, 1.82) is 0 Å². The van der Waals surface area contributed by atoms with E-state index < -0.39 is 0 Å². The summed E-state index contributed by atoms with van der Waals surface area (Å²) < 4.78 is 16.6. The van der Waals surface area contributed by atoms with Gasteiger partial charge >= 0.3 is 0 Å². The van der Waals surface area contributed by atoms with Crippen LogP contribution in [0.25, 0.3) is 28.1 Å². The maximum Gasteiger partial charge on any atom is 0.260 e. The smallest absolute Gasteiger partial charge is 0.260 e. The molecule has 2 heterocycles. The van der Waals surface area contributed by atoms with Crippen LogP contribution in [0.2, 0.25) is 0 Å². The monoisotopic (exact) mass is 440 g/mol. The molecule has 7 heteroatoms. The molecule has 0 unspecified atom stereocenters. The van der Waals surface area contributed by atoms with Crippen molar-refractivity contribution in [2.45, 2.75) is 20.4 Å². The molecule has 0 aliphatic rings. The lowest BCUT2D eigenvalue weighted by molar-refractivity contribution is -0.116. The van der Waals surface area contributed by atoms with Gasteiger partial charge in [-0.15, -0.1) is 0 Å². The van der Waals surface area contributed by atoms with Gasteiger partial charge < -0.3 is 9.88 Å².